The van der Waals surface area contributed by atoms with Gasteiger partial charge in [0.1, 0.15) is 19.0 Å². The number of fused-ring (bicyclic) bond motifs is 1. The summed E-state index contributed by atoms with van der Waals surface area (Å²) in [6, 6.07) is 13.2. The van der Waals surface area contributed by atoms with Crippen LogP contribution in [0.2, 0.25) is 0 Å². The highest BCUT2D eigenvalue weighted by molar-refractivity contribution is 5.95. The Bertz CT molecular complexity index is 1120. The molecule has 1 amide bonds. The number of anilines is 1. The zero-order chi connectivity index (χ0) is 21.3. The van der Waals surface area contributed by atoms with Gasteiger partial charge in [-0.05, 0) is 37.1 Å². The number of primary amides is 1. The van der Waals surface area contributed by atoms with E-state index in [2.05, 4.69) is 15.4 Å². The van der Waals surface area contributed by atoms with Crippen molar-refractivity contribution in [1.29, 1.82) is 0 Å². The average Bonchev–Trinajstić information content (AvgIpc) is 3.20. The van der Waals surface area contributed by atoms with Gasteiger partial charge in [-0.1, -0.05) is 35.9 Å². The van der Waals surface area contributed by atoms with Gasteiger partial charge in [0.2, 0.25) is 11.9 Å². The molecule has 2 aromatic carbocycles. The lowest BCUT2D eigenvalue weighted by Gasteiger charge is -2.28. The molecule has 3 aromatic rings. The van der Waals surface area contributed by atoms with Gasteiger partial charge >= 0.3 is 0 Å². The highest BCUT2D eigenvalue weighted by atomic mass is 16.5. The van der Waals surface area contributed by atoms with Crippen LogP contribution < -0.4 is 20.5 Å². The molecule has 0 radical (unpaired) electrons. The first-order valence-electron chi connectivity index (χ1n) is 9.51. The van der Waals surface area contributed by atoms with E-state index in [0.717, 1.165) is 11.1 Å². The molecule has 3 N–H and O–H groups in total. The maximum absolute atomic E-state index is 12.2. The van der Waals surface area contributed by atoms with Gasteiger partial charge in [-0.3, -0.25) is 4.79 Å². The van der Waals surface area contributed by atoms with Crippen LogP contribution in [0.1, 0.15) is 29.7 Å². The van der Waals surface area contributed by atoms with Crippen LogP contribution in [-0.4, -0.2) is 27.8 Å². The molecular formula is C22H23N5O3. The quantitative estimate of drug-likeness (QED) is 0.653. The number of carbonyl (C=O) groups is 1. The van der Waals surface area contributed by atoms with Crippen molar-refractivity contribution in [3.05, 3.63) is 76.8 Å². The number of nitrogens with zero attached hydrogens (tertiary/aromatic N) is 3. The molecule has 1 aromatic heterocycles. The number of amides is 1. The van der Waals surface area contributed by atoms with E-state index in [1.807, 2.05) is 49.4 Å². The first-order valence-corrected chi connectivity index (χ1v) is 9.51. The highest BCUT2D eigenvalue weighted by Gasteiger charge is 2.32. The van der Waals surface area contributed by atoms with Gasteiger partial charge in [0.15, 0.2) is 11.5 Å². The third kappa shape index (κ3) is 3.59. The summed E-state index contributed by atoms with van der Waals surface area (Å²) in [4.78, 5) is 16.4. The van der Waals surface area contributed by atoms with Crippen molar-refractivity contribution in [1.82, 2.24) is 14.8 Å². The van der Waals surface area contributed by atoms with Gasteiger partial charge < -0.3 is 20.5 Å². The zero-order valence-electron chi connectivity index (χ0n) is 17.0. The molecule has 154 valence electrons. The number of rotatable bonds is 6. The Kier molecular flexibility index (Phi) is 5.14. The Morgan fingerprint density at radius 2 is 1.93 bits per heavy atom. The van der Waals surface area contributed by atoms with E-state index >= 15 is 0 Å². The van der Waals surface area contributed by atoms with Gasteiger partial charge in [0.05, 0.1) is 12.7 Å². The second kappa shape index (κ2) is 7.90. The molecule has 1 aliphatic rings. The molecule has 8 heteroatoms. The number of aryl methyl sites for hydroxylation is 1. The largest absolute Gasteiger partial charge is 0.493 e. The molecule has 0 bridgehead atoms. The molecule has 0 spiro atoms. The SMILES string of the molecule is COc1cc(C2C(C(N)=O)=C(C)Nc3ncnn32)ccc1OCc1ccc(C)cc1. The third-order valence-corrected chi connectivity index (χ3v) is 5.08. The van der Waals surface area contributed by atoms with E-state index < -0.39 is 11.9 Å². The molecule has 0 fully saturated rings. The molecule has 1 atom stereocenters. The minimum Gasteiger partial charge on any atom is -0.493 e. The van der Waals surface area contributed by atoms with Gasteiger partial charge in [0.25, 0.3) is 0 Å². The molecule has 2 heterocycles. The van der Waals surface area contributed by atoms with Crippen LogP contribution in [0, 0.1) is 6.92 Å². The predicted molar refractivity (Wildman–Crippen MR) is 112 cm³/mol. The van der Waals surface area contributed by atoms with Gasteiger partial charge in [-0.15, -0.1) is 0 Å². The summed E-state index contributed by atoms with van der Waals surface area (Å²) in [5.74, 6) is 1.18. The van der Waals surface area contributed by atoms with E-state index in [0.29, 0.717) is 35.3 Å². The second-order valence-corrected chi connectivity index (χ2v) is 7.14. The van der Waals surface area contributed by atoms with Crippen LogP contribution in [0.3, 0.4) is 0 Å². The van der Waals surface area contributed by atoms with E-state index in [9.17, 15) is 4.79 Å². The molecule has 1 unspecified atom stereocenters. The summed E-state index contributed by atoms with van der Waals surface area (Å²) in [6.07, 6.45) is 1.43. The Hall–Kier alpha value is -3.81. The number of benzene rings is 2. The lowest BCUT2D eigenvalue weighted by Crippen LogP contribution is -2.31. The fourth-order valence-electron chi connectivity index (χ4n) is 3.54. The van der Waals surface area contributed by atoms with Crippen molar-refractivity contribution in [2.24, 2.45) is 5.73 Å². The average molecular weight is 405 g/mol. The van der Waals surface area contributed by atoms with Crippen molar-refractivity contribution in [2.75, 3.05) is 12.4 Å². The number of ether oxygens (including phenoxy) is 2. The van der Waals surface area contributed by atoms with E-state index in [1.54, 1.807) is 18.7 Å². The Morgan fingerprint density at radius 1 is 1.17 bits per heavy atom. The summed E-state index contributed by atoms with van der Waals surface area (Å²) in [5, 5.41) is 7.34. The van der Waals surface area contributed by atoms with Crippen molar-refractivity contribution >= 4 is 11.9 Å². The smallest absolute Gasteiger partial charge is 0.248 e. The van der Waals surface area contributed by atoms with Crippen LogP contribution in [0.4, 0.5) is 5.95 Å². The van der Waals surface area contributed by atoms with Crippen LogP contribution in [0.5, 0.6) is 11.5 Å². The van der Waals surface area contributed by atoms with E-state index in [-0.39, 0.29) is 0 Å². The zero-order valence-corrected chi connectivity index (χ0v) is 17.0. The molecule has 8 nitrogen and oxygen atoms in total. The van der Waals surface area contributed by atoms with Gasteiger partial charge in [-0.2, -0.15) is 10.1 Å². The molecule has 0 saturated carbocycles. The number of allylic oxidation sites excluding steroid dienone is 1. The normalized spacial score (nSPS) is 15.4. The van der Waals surface area contributed by atoms with Crippen molar-refractivity contribution in [2.45, 2.75) is 26.5 Å². The number of carbonyl (C=O) groups excluding carboxylic acids is 1. The minimum atomic E-state index is -0.523. The second-order valence-electron chi connectivity index (χ2n) is 7.14. The summed E-state index contributed by atoms with van der Waals surface area (Å²) in [6.45, 7) is 4.26. The van der Waals surface area contributed by atoms with Crippen molar-refractivity contribution < 1.29 is 14.3 Å². The first kappa shape index (κ1) is 19.5. The maximum atomic E-state index is 12.2. The fourth-order valence-corrected chi connectivity index (χ4v) is 3.54. The minimum absolute atomic E-state index is 0.419. The summed E-state index contributed by atoms with van der Waals surface area (Å²) >= 11 is 0. The fraction of sp³-hybridized carbons (Fsp3) is 0.227. The Morgan fingerprint density at radius 3 is 2.63 bits per heavy atom. The Labute approximate surface area is 174 Å². The molecule has 1 aliphatic heterocycles. The maximum Gasteiger partial charge on any atom is 0.248 e. The predicted octanol–water partition coefficient (Wildman–Crippen LogP) is 2.95. The van der Waals surface area contributed by atoms with Gasteiger partial charge in [-0.25, -0.2) is 4.68 Å². The molecule has 30 heavy (non-hydrogen) atoms. The first-order chi connectivity index (χ1) is 14.5. The number of nitrogens with two attached hydrogens (primary N) is 1. The lowest BCUT2D eigenvalue weighted by atomic mass is 9.95. The van der Waals surface area contributed by atoms with Gasteiger partial charge in [0, 0.05) is 5.70 Å². The van der Waals surface area contributed by atoms with Crippen molar-refractivity contribution in [3.63, 3.8) is 0 Å². The topological polar surface area (TPSA) is 104 Å². The highest BCUT2D eigenvalue weighted by Crippen LogP contribution is 2.38. The molecular weight excluding hydrogens is 382 g/mol. The van der Waals surface area contributed by atoms with E-state index in [1.165, 1.54) is 11.9 Å². The molecule has 0 saturated heterocycles. The number of hydrogen-bond donors (Lipinski definition) is 2. The lowest BCUT2D eigenvalue weighted by molar-refractivity contribution is -0.115. The number of methoxy groups -OCH3 is 1. The van der Waals surface area contributed by atoms with Crippen LogP contribution >= 0.6 is 0 Å². The Balaban J connectivity index is 1.66. The number of aromatic nitrogens is 3. The summed E-state index contributed by atoms with van der Waals surface area (Å²) in [7, 11) is 1.58. The summed E-state index contributed by atoms with van der Waals surface area (Å²) < 4.78 is 13.2. The number of hydrogen-bond acceptors (Lipinski definition) is 6. The van der Waals surface area contributed by atoms with Crippen LogP contribution in [-0.2, 0) is 11.4 Å². The molecule has 4 rings (SSSR count). The third-order valence-electron chi connectivity index (χ3n) is 5.08. The number of nitrogens with one attached hydrogen (secondary N) is 1. The van der Waals surface area contributed by atoms with Crippen LogP contribution in [0.15, 0.2) is 60.1 Å². The van der Waals surface area contributed by atoms with Crippen LogP contribution in [0.25, 0.3) is 0 Å². The van der Waals surface area contributed by atoms with Crippen molar-refractivity contribution in [3.8, 4) is 11.5 Å². The molecule has 0 aliphatic carbocycles. The van der Waals surface area contributed by atoms with E-state index in [4.69, 9.17) is 15.2 Å². The summed E-state index contributed by atoms with van der Waals surface area (Å²) in [5.41, 5.74) is 9.79. The standard InChI is InChI=1S/C22H23N5O3/c1-13-4-6-15(7-5-13)11-30-17-9-8-16(10-18(17)29-3)20-19(21(23)28)14(2)26-22-24-12-25-27(20)22/h4-10,12,20H,11H2,1-3H3,(H2,23,28)(H,24,25,26). The monoisotopic (exact) mass is 405 g/mol.